The first kappa shape index (κ1) is 25.7. The van der Waals surface area contributed by atoms with Crippen molar-refractivity contribution >= 4 is 29.1 Å². The second kappa shape index (κ2) is 11.6. The fourth-order valence-electron chi connectivity index (χ4n) is 4.10. The first-order valence-corrected chi connectivity index (χ1v) is 12.4. The van der Waals surface area contributed by atoms with Gasteiger partial charge >= 0.3 is 0 Å². The van der Waals surface area contributed by atoms with Crippen molar-refractivity contribution in [3.05, 3.63) is 118 Å². The molecule has 0 radical (unpaired) electrons. The van der Waals surface area contributed by atoms with Crippen molar-refractivity contribution in [1.82, 2.24) is 5.32 Å². The van der Waals surface area contributed by atoms with E-state index < -0.39 is 11.7 Å². The maximum atomic E-state index is 13.6. The van der Waals surface area contributed by atoms with Crippen LogP contribution in [-0.4, -0.2) is 24.6 Å². The Kier molecular flexibility index (Phi) is 8.06. The number of carbonyl (C=O) groups is 2. The van der Waals surface area contributed by atoms with Gasteiger partial charge < -0.3 is 15.4 Å². The number of amides is 1. The Morgan fingerprint density at radius 1 is 1.05 bits per heavy atom. The molecule has 8 heteroatoms. The lowest BCUT2D eigenvalue weighted by atomic mass is 9.82. The van der Waals surface area contributed by atoms with Gasteiger partial charge in [-0.1, -0.05) is 54.2 Å². The summed E-state index contributed by atoms with van der Waals surface area (Å²) in [5.41, 5.74) is 2.95. The molecule has 1 amide bonds. The van der Waals surface area contributed by atoms with Crippen LogP contribution in [0.1, 0.15) is 28.8 Å². The Morgan fingerprint density at radius 3 is 2.41 bits per heavy atom. The maximum Gasteiger partial charge on any atom is 0.254 e. The molecule has 1 atom stereocenters. The largest absolute Gasteiger partial charge is 0.495 e. The fourth-order valence-corrected chi connectivity index (χ4v) is 5.09. The number of rotatable bonds is 8. The van der Waals surface area contributed by atoms with E-state index >= 15 is 0 Å². The summed E-state index contributed by atoms with van der Waals surface area (Å²) in [4.78, 5) is 26.3. The molecule has 3 aromatic rings. The number of benzene rings is 3. The third kappa shape index (κ3) is 5.74. The van der Waals surface area contributed by atoms with Crippen molar-refractivity contribution in [3.63, 3.8) is 0 Å². The molecule has 6 nitrogen and oxygen atoms in total. The number of nitrogens with one attached hydrogen (secondary N) is 2. The number of hydrogen-bond donors (Lipinski definition) is 2. The summed E-state index contributed by atoms with van der Waals surface area (Å²) in [6, 6.07) is 24.0. The van der Waals surface area contributed by atoms with E-state index in [1.165, 1.54) is 43.1 Å². The molecule has 1 aliphatic heterocycles. The van der Waals surface area contributed by atoms with Crippen molar-refractivity contribution in [2.45, 2.75) is 12.8 Å². The van der Waals surface area contributed by atoms with E-state index in [0.717, 1.165) is 5.56 Å². The summed E-state index contributed by atoms with van der Waals surface area (Å²) < 4.78 is 18.6. The molecular formula is C29H24FN3O3S. The highest BCUT2D eigenvalue weighted by molar-refractivity contribution is 8.03. The van der Waals surface area contributed by atoms with Gasteiger partial charge in [0.05, 0.1) is 41.1 Å². The SMILES string of the molecule is COc1ccccc1NC(=O)C1=C(C)NC(SCC(=O)c2ccc(F)cc2)=C(C#N)C1c1ccccc1. The van der Waals surface area contributed by atoms with E-state index in [0.29, 0.717) is 38.9 Å². The minimum Gasteiger partial charge on any atom is -0.495 e. The van der Waals surface area contributed by atoms with Crippen LogP contribution in [0.15, 0.2) is 101 Å². The molecular weight excluding hydrogens is 489 g/mol. The zero-order valence-corrected chi connectivity index (χ0v) is 21.1. The molecule has 2 N–H and O–H groups in total. The monoisotopic (exact) mass is 513 g/mol. The second-order valence-electron chi connectivity index (χ2n) is 8.24. The van der Waals surface area contributed by atoms with E-state index in [-0.39, 0.29) is 17.4 Å². The molecule has 0 spiro atoms. The van der Waals surface area contributed by atoms with Gasteiger partial charge in [0.15, 0.2) is 5.78 Å². The molecule has 0 aliphatic carbocycles. The Bertz CT molecular complexity index is 1430. The van der Waals surface area contributed by atoms with Gasteiger partial charge in [0.25, 0.3) is 5.91 Å². The van der Waals surface area contributed by atoms with E-state index in [2.05, 4.69) is 16.7 Å². The first-order valence-electron chi connectivity index (χ1n) is 11.5. The van der Waals surface area contributed by atoms with Gasteiger partial charge in [-0.25, -0.2) is 4.39 Å². The van der Waals surface area contributed by atoms with Crippen LogP contribution in [0.25, 0.3) is 0 Å². The third-order valence-corrected chi connectivity index (χ3v) is 6.91. The molecule has 4 rings (SSSR count). The van der Waals surface area contributed by atoms with Gasteiger partial charge in [0.2, 0.25) is 0 Å². The number of Topliss-reactive ketones (excluding diaryl/α,β-unsaturated/α-hetero) is 1. The van der Waals surface area contributed by atoms with E-state index in [1.807, 2.05) is 30.3 Å². The zero-order valence-electron chi connectivity index (χ0n) is 20.2. The smallest absolute Gasteiger partial charge is 0.254 e. The van der Waals surface area contributed by atoms with Crippen molar-refractivity contribution in [2.75, 3.05) is 18.2 Å². The average Bonchev–Trinajstić information content (AvgIpc) is 2.92. The van der Waals surface area contributed by atoms with Crippen molar-refractivity contribution in [2.24, 2.45) is 0 Å². The number of nitriles is 1. The number of carbonyl (C=O) groups excluding carboxylic acids is 2. The van der Waals surface area contributed by atoms with E-state index in [9.17, 15) is 19.2 Å². The number of halogens is 1. The molecule has 1 heterocycles. The first-order chi connectivity index (χ1) is 17.9. The van der Waals surface area contributed by atoms with Crippen LogP contribution >= 0.6 is 11.8 Å². The van der Waals surface area contributed by atoms with Crippen molar-refractivity contribution < 1.29 is 18.7 Å². The Morgan fingerprint density at radius 2 is 1.73 bits per heavy atom. The van der Waals surface area contributed by atoms with Crippen molar-refractivity contribution in [3.8, 4) is 11.8 Å². The number of thioether (sulfide) groups is 1. The quantitative estimate of drug-likeness (QED) is 0.371. The van der Waals surface area contributed by atoms with Gasteiger partial charge in [0.1, 0.15) is 11.6 Å². The minimum atomic E-state index is -0.648. The summed E-state index contributed by atoms with van der Waals surface area (Å²) in [6.45, 7) is 1.77. The van der Waals surface area contributed by atoms with Crippen LogP contribution in [0.3, 0.4) is 0 Å². The highest BCUT2D eigenvalue weighted by Crippen LogP contribution is 2.41. The van der Waals surface area contributed by atoms with Gasteiger partial charge in [-0.05, 0) is 48.9 Å². The van der Waals surface area contributed by atoms with E-state index in [1.54, 1.807) is 31.2 Å². The van der Waals surface area contributed by atoms with Gasteiger partial charge in [0, 0.05) is 16.8 Å². The summed E-state index contributed by atoms with van der Waals surface area (Å²) in [5.74, 6) is -1.09. The van der Waals surface area contributed by atoms with Crippen LogP contribution in [0.2, 0.25) is 0 Å². The lowest BCUT2D eigenvalue weighted by Gasteiger charge is -2.30. The molecule has 0 fully saturated rings. The second-order valence-corrected chi connectivity index (χ2v) is 9.22. The number of para-hydroxylation sites is 2. The predicted molar refractivity (Wildman–Crippen MR) is 142 cm³/mol. The molecule has 0 aromatic heterocycles. The molecule has 186 valence electrons. The maximum absolute atomic E-state index is 13.6. The minimum absolute atomic E-state index is 0.0384. The fraction of sp³-hybridized carbons (Fsp3) is 0.138. The zero-order chi connectivity index (χ0) is 26.4. The summed E-state index contributed by atoms with van der Waals surface area (Å²) in [5, 5.41) is 16.8. The average molecular weight is 514 g/mol. The lowest BCUT2D eigenvalue weighted by Crippen LogP contribution is -2.31. The number of allylic oxidation sites excluding steroid dienone is 2. The van der Waals surface area contributed by atoms with Crippen LogP contribution in [0.4, 0.5) is 10.1 Å². The molecule has 37 heavy (non-hydrogen) atoms. The van der Waals surface area contributed by atoms with Crippen LogP contribution in [0.5, 0.6) is 5.75 Å². The van der Waals surface area contributed by atoms with Gasteiger partial charge in [-0.2, -0.15) is 5.26 Å². The number of nitrogens with zero attached hydrogens (tertiary/aromatic N) is 1. The third-order valence-electron chi connectivity index (χ3n) is 5.89. The van der Waals surface area contributed by atoms with Crippen LogP contribution in [0, 0.1) is 17.1 Å². The standard InChI is InChI=1S/C29H24FN3O3S/c1-18-26(28(35)33-23-10-6-7-11-25(23)36-2)27(20-8-4-3-5-9-20)22(16-31)29(32-18)37-17-24(34)19-12-14-21(30)15-13-19/h3-15,27,32H,17H2,1-2H3,(H,33,35). The predicted octanol–water partition coefficient (Wildman–Crippen LogP) is 5.79. The van der Waals surface area contributed by atoms with Gasteiger partial charge in [-0.15, -0.1) is 0 Å². The molecule has 1 aliphatic rings. The summed E-state index contributed by atoms with van der Waals surface area (Å²) in [7, 11) is 1.53. The van der Waals surface area contributed by atoms with Gasteiger partial charge in [-0.3, -0.25) is 9.59 Å². The normalized spacial score (nSPS) is 15.0. The van der Waals surface area contributed by atoms with Crippen LogP contribution < -0.4 is 15.4 Å². The molecule has 0 saturated carbocycles. The number of dihydropyridines is 1. The van der Waals surface area contributed by atoms with Crippen LogP contribution in [-0.2, 0) is 4.79 Å². The number of ketones is 1. The Hall–Kier alpha value is -4.35. The molecule has 3 aromatic carbocycles. The summed E-state index contributed by atoms with van der Waals surface area (Å²) in [6.07, 6.45) is 0. The topological polar surface area (TPSA) is 91.2 Å². The molecule has 0 bridgehead atoms. The highest BCUT2D eigenvalue weighted by Gasteiger charge is 2.35. The lowest BCUT2D eigenvalue weighted by molar-refractivity contribution is -0.113. The number of hydrogen-bond acceptors (Lipinski definition) is 6. The highest BCUT2D eigenvalue weighted by atomic mass is 32.2. The van der Waals surface area contributed by atoms with E-state index in [4.69, 9.17) is 4.74 Å². The number of ether oxygens (including phenoxy) is 1. The van der Waals surface area contributed by atoms with Crippen molar-refractivity contribution in [1.29, 1.82) is 5.26 Å². The Balaban J connectivity index is 1.67. The molecule has 0 saturated heterocycles. The number of anilines is 1. The number of methoxy groups -OCH3 is 1. The Labute approximate surface area is 218 Å². The summed E-state index contributed by atoms with van der Waals surface area (Å²) >= 11 is 1.18. The molecule has 1 unspecified atom stereocenters.